The van der Waals surface area contributed by atoms with Gasteiger partial charge in [-0.15, -0.1) is 12.8 Å². The van der Waals surface area contributed by atoms with E-state index in [2.05, 4.69) is 17.7 Å². The van der Waals surface area contributed by atoms with Crippen LogP contribution in [0.1, 0.15) is 26.7 Å². The summed E-state index contributed by atoms with van der Waals surface area (Å²) < 4.78 is 36.3. The van der Waals surface area contributed by atoms with Crippen molar-refractivity contribution in [2.45, 2.75) is 32.9 Å². The lowest BCUT2D eigenvalue weighted by Gasteiger charge is -2.33. The number of halogens is 3. The van der Waals surface area contributed by atoms with Gasteiger partial charge in [0, 0.05) is 31.0 Å². The van der Waals surface area contributed by atoms with E-state index in [1.165, 1.54) is 0 Å². The zero-order valence-corrected chi connectivity index (χ0v) is 14.6. The number of alkyl halides is 3. The summed E-state index contributed by atoms with van der Waals surface area (Å²) in [6.45, 7) is 5.60. The van der Waals surface area contributed by atoms with Crippen molar-refractivity contribution in [3.63, 3.8) is 0 Å². The van der Waals surface area contributed by atoms with E-state index in [1.54, 1.807) is 0 Å². The lowest BCUT2D eigenvalue weighted by Crippen LogP contribution is -2.42. The van der Waals surface area contributed by atoms with Gasteiger partial charge >= 0.3 is 12.1 Å². The molecule has 1 amide bonds. The van der Waals surface area contributed by atoms with Crippen LogP contribution in [0, 0.1) is 18.8 Å². The van der Waals surface area contributed by atoms with Crippen molar-refractivity contribution in [3.8, 4) is 12.8 Å². The maximum atomic E-state index is 12.1. The van der Waals surface area contributed by atoms with Crippen LogP contribution >= 0.6 is 0 Å². The van der Waals surface area contributed by atoms with Gasteiger partial charge in [-0.05, 0) is 43.0 Å². The van der Waals surface area contributed by atoms with Crippen molar-refractivity contribution in [2.24, 2.45) is 5.92 Å². The molecule has 0 radical (unpaired) electrons. The first kappa shape index (κ1) is 22.6. The van der Waals surface area contributed by atoms with E-state index in [1.807, 2.05) is 43.4 Å². The highest BCUT2D eigenvalue weighted by Gasteiger charge is 2.38. The highest BCUT2D eigenvalue weighted by Crippen LogP contribution is 2.24. The Morgan fingerprint density at radius 1 is 1.20 bits per heavy atom. The van der Waals surface area contributed by atoms with Crippen molar-refractivity contribution < 1.29 is 18.0 Å². The number of hydrogen-bond acceptors (Lipinski definition) is 3. The van der Waals surface area contributed by atoms with Crippen LogP contribution in [0.5, 0.6) is 0 Å². The molecule has 1 saturated heterocycles. The standard InChI is InChI=1S/C14H18F3N3O.C2H6.C2H2/c15-14(16,17)13(21)19-9-10-5-7-20(8-6-10)12-3-1-11(18)2-4-12;2*1-2/h1-4,10H,5-9,18H2,(H,19,21);1-2H3;1-2H. The van der Waals surface area contributed by atoms with Crippen LogP contribution in [-0.4, -0.2) is 31.7 Å². The van der Waals surface area contributed by atoms with E-state index in [0.717, 1.165) is 31.6 Å². The Morgan fingerprint density at radius 2 is 1.68 bits per heavy atom. The molecule has 0 unspecified atom stereocenters. The third kappa shape index (κ3) is 7.84. The Morgan fingerprint density at radius 3 is 2.12 bits per heavy atom. The largest absolute Gasteiger partial charge is 0.471 e. The quantitative estimate of drug-likeness (QED) is 0.644. The maximum absolute atomic E-state index is 12.1. The number of terminal acetylenes is 1. The van der Waals surface area contributed by atoms with Gasteiger partial charge in [-0.3, -0.25) is 4.79 Å². The van der Waals surface area contributed by atoms with Crippen LogP contribution < -0.4 is 16.0 Å². The monoisotopic (exact) mass is 357 g/mol. The Labute approximate surface area is 147 Å². The molecular formula is C18H26F3N3O. The zero-order chi connectivity index (χ0) is 19.5. The van der Waals surface area contributed by atoms with Gasteiger partial charge in [-0.1, -0.05) is 13.8 Å². The van der Waals surface area contributed by atoms with Crippen LogP contribution in [0.15, 0.2) is 24.3 Å². The van der Waals surface area contributed by atoms with Crippen LogP contribution in [0.3, 0.4) is 0 Å². The van der Waals surface area contributed by atoms with Gasteiger partial charge in [0.1, 0.15) is 0 Å². The number of anilines is 2. The minimum Gasteiger partial charge on any atom is -0.399 e. The summed E-state index contributed by atoms with van der Waals surface area (Å²) in [7, 11) is 0. The van der Waals surface area contributed by atoms with E-state index in [9.17, 15) is 18.0 Å². The molecule has 7 heteroatoms. The molecule has 0 aromatic heterocycles. The van der Waals surface area contributed by atoms with Gasteiger partial charge in [-0.2, -0.15) is 13.2 Å². The molecule has 0 aliphatic carbocycles. The summed E-state index contributed by atoms with van der Waals surface area (Å²) in [4.78, 5) is 12.9. The number of carbonyl (C=O) groups excluding carboxylic acids is 1. The SMILES string of the molecule is C#C.CC.Nc1ccc(N2CCC(CNC(=O)C(F)(F)F)CC2)cc1. The van der Waals surface area contributed by atoms with Crippen LogP contribution in [0.25, 0.3) is 0 Å². The molecule has 3 N–H and O–H groups in total. The van der Waals surface area contributed by atoms with Crippen LogP contribution in [0.2, 0.25) is 0 Å². The smallest absolute Gasteiger partial charge is 0.399 e. The Bertz CT molecular complexity index is 519. The number of nitrogen functional groups attached to an aromatic ring is 1. The molecule has 0 spiro atoms. The molecule has 1 aliphatic rings. The summed E-state index contributed by atoms with van der Waals surface area (Å²) >= 11 is 0. The van der Waals surface area contributed by atoms with Crippen molar-refractivity contribution in [1.82, 2.24) is 5.32 Å². The van der Waals surface area contributed by atoms with Gasteiger partial charge in [0.15, 0.2) is 0 Å². The van der Waals surface area contributed by atoms with E-state index in [4.69, 9.17) is 5.73 Å². The summed E-state index contributed by atoms with van der Waals surface area (Å²) in [5.41, 5.74) is 7.39. The fraction of sp³-hybridized carbons (Fsp3) is 0.500. The third-order valence-corrected chi connectivity index (χ3v) is 3.68. The normalized spacial score (nSPS) is 14.4. The lowest BCUT2D eigenvalue weighted by atomic mass is 9.96. The van der Waals surface area contributed by atoms with Crippen molar-refractivity contribution in [2.75, 3.05) is 30.3 Å². The second kappa shape index (κ2) is 11.2. The number of nitrogens with one attached hydrogen (secondary N) is 1. The average molecular weight is 357 g/mol. The number of piperidine rings is 1. The number of rotatable bonds is 3. The highest BCUT2D eigenvalue weighted by molar-refractivity contribution is 5.81. The predicted molar refractivity (Wildman–Crippen MR) is 96.1 cm³/mol. The first-order chi connectivity index (χ1) is 11.9. The predicted octanol–water partition coefficient (Wildman–Crippen LogP) is 3.44. The number of carbonyl (C=O) groups is 1. The molecule has 0 atom stereocenters. The summed E-state index contributed by atoms with van der Waals surface area (Å²) in [6.07, 6.45) is 4.70. The van der Waals surface area contributed by atoms with E-state index < -0.39 is 12.1 Å². The molecule has 0 saturated carbocycles. The van der Waals surface area contributed by atoms with Gasteiger partial charge in [0.2, 0.25) is 0 Å². The van der Waals surface area contributed by atoms with Crippen molar-refractivity contribution in [1.29, 1.82) is 0 Å². The van der Waals surface area contributed by atoms with E-state index >= 15 is 0 Å². The van der Waals surface area contributed by atoms with Crippen molar-refractivity contribution >= 4 is 17.3 Å². The molecule has 25 heavy (non-hydrogen) atoms. The van der Waals surface area contributed by atoms with E-state index in [-0.39, 0.29) is 12.5 Å². The van der Waals surface area contributed by atoms with Crippen LogP contribution in [-0.2, 0) is 4.79 Å². The molecule has 1 fully saturated rings. The fourth-order valence-electron chi connectivity index (χ4n) is 2.42. The fourth-order valence-corrected chi connectivity index (χ4v) is 2.42. The molecule has 4 nitrogen and oxygen atoms in total. The van der Waals surface area contributed by atoms with Crippen molar-refractivity contribution in [3.05, 3.63) is 24.3 Å². The summed E-state index contributed by atoms with van der Waals surface area (Å²) in [5.74, 6) is -1.77. The summed E-state index contributed by atoms with van der Waals surface area (Å²) in [5, 5.41) is 1.96. The number of hydrogen-bond donors (Lipinski definition) is 2. The second-order valence-electron chi connectivity index (χ2n) is 5.23. The molecule has 1 aromatic rings. The van der Waals surface area contributed by atoms with Gasteiger partial charge in [-0.25, -0.2) is 0 Å². The van der Waals surface area contributed by atoms with E-state index in [0.29, 0.717) is 5.69 Å². The number of nitrogens with zero attached hydrogens (tertiary/aromatic N) is 1. The second-order valence-corrected chi connectivity index (χ2v) is 5.23. The third-order valence-electron chi connectivity index (χ3n) is 3.68. The summed E-state index contributed by atoms with van der Waals surface area (Å²) in [6, 6.07) is 7.51. The lowest BCUT2D eigenvalue weighted by molar-refractivity contribution is -0.173. The minimum atomic E-state index is -4.80. The Hall–Kier alpha value is -2.36. The molecule has 2 rings (SSSR count). The van der Waals surface area contributed by atoms with Gasteiger partial charge in [0.05, 0.1) is 0 Å². The number of nitrogens with two attached hydrogens (primary N) is 1. The molecule has 1 aromatic carbocycles. The molecular weight excluding hydrogens is 331 g/mol. The first-order valence-electron chi connectivity index (χ1n) is 8.15. The first-order valence-corrected chi connectivity index (χ1v) is 8.15. The zero-order valence-electron chi connectivity index (χ0n) is 14.6. The average Bonchev–Trinajstić information content (AvgIpc) is 2.63. The molecule has 1 aliphatic heterocycles. The van der Waals surface area contributed by atoms with Gasteiger partial charge < -0.3 is 16.0 Å². The van der Waals surface area contributed by atoms with Gasteiger partial charge in [0.25, 0.3) is 0 Å². The topological polar surface area (TPSA) is 58.4 Å². The molecule has 0 bridgehead atoms. The van der Waals surface area contributed by atoms with Crippen LogP contribution in [0.4, 0.5) is 24.5 Å². The minimum absolute atomic E-state index is 0.0773. The highest BCUT2D eigenvalue weighted by atomic mass is 19.4. The Kier molecular flexibility index (Phi) is 10.2. The Balaban J connectivity index is 0.00000134. The number of amides is 1. The molecule has 140 valence electrons. The number of benzene rings is 1. The molecule has 1 heterocycles. The maximum Gasteiger partial charge on any atom is 0.471 e.